The predicted octanol–water partition coefficient (Wildman–Crippen LogP) is 3.75. The van der Waals surface area contributed by atoms with Crippen molar-refractivity contribution in [3.05, 3.63) is 46.7 Å². The first kappa shape index (κ1) is 9.48. The summed E-state index contributed by atoms with van der Waals surface area (Å²) in [4.78, 5) is 7.76. The van der Waals surface area contributed by atoms with Crippen LogP contribution >= 0.6 is 12.2 Å². The van der Waals surface area contributed by atoms with Crippen molar-refractivity contribution in [2.24, 2.45) is 0 Å². The summed E-state index contributed by atoms with van der Waals surface area (Å²) < 4.78 is 0.874. The van der Waals surface area contributed by atoms with Crippen LogP contribution in [-0.2, 0) is 0 Å². The Morgan fingerprint density at radius 3 is 3.00 bits per heavy atom. The van der Waals surface area contributed by atoms with Gasteiger partial charge in [0, 0.05) is 27.2 Å². The number of aromatic nitrogens is 2. The number of rotatable bonds is 0. The fourth-order valence-electron chi connectivity index (χ4n) is 1.98. The van der Waals surface area contributed by atoms with Crippen LogP contribution in [0.2, 0.25) is 0 Å². The van der Waals surface area contributed by atoms with Crippen LogP contribution in [0, 0.1) is 11.4 Å². The Labute approximate surface area is 98.0 Å². The SMILES string of the molecule is Cc1cc(=S)c2ccc3cccnc3c2[nH]1. The first-order valence-corrected chi connectivity index (χ1v) is 5.54. The number of nitrogens with zero attached hydrogens (tertiary/aromatic N) is 1. The largest absolute Gasteiger partial charge is 0.357 e. The molecule has 2 aromatic heterocycles. The number of H-pyrrole nitrogens is 1. The number of nitrogens with one attached hydrogen (secondary N) is 1. The van der Waals surface area contributed by atoms with Crippen LogP contribution in [0.3, 0.4) is 0 Å². The highest BCUT2D eigenvalue weighted by molar-refractivity contribution is 7.71. The van der Waals surface area contributed by atoms with E-state index in [-0.39, 0.29) is 0 Å². The van der Waals surface area contributed by atoms with Gasteiger partial charge in [0.15, 0.2) is 0 Å². The third-order valence-electron chi connectivity index (χ3n) is 2.71. The molecular weight excluding hydrogens is 216 g/mol. The number of hydrogen-bond donors (Lipinski definition) is 1. The van der Waals surface area contributed by atoms with Crippen molar-refractivity contribution >= 4 is 34.0 Å². The second-order valence-corrected chi connectivity index (χ2v) is 4.32. The van der Waals surface area contributed by atoms with Gasteiger partial charge in [0.1, 0.15) is 0 Å². The minimum Gasteiger partial charge on any atom is -0.357 e. The zero-order chi connectivity index (χ0) is 11.1. The van der Waals surface area contributed by atoms with Gasteiger partial charge in [-0.3, -0.25) is 4.98 Å². The van der Waals surface area contributed by atoms with E-state index in [1.165, 1.54) is 0 Å². The van der Waals surface area contributed by atoms with Gasteiger partial charge in [-0.15, -0.1) is 0 Å². The topological polar surface area (TPSA) is 28.7 Å². The Hall–Kier alpha value is -1.74. The van der Waals surface area contributed by atoms with Crippen molar-refractivity contribution < 1.29 is 0 Å². The van der Waals surface area contributed by atoms with Crippen LogP contribution in [0.1, 0.15) is 5.69 Å². The third-order valence-corrected chi connectivity index (χ3v) is 3.05. The lowest BCUT2D eigenvalue weighted by molar-refractivity contribution is 1.25. The Balaban J connectivity index is 2.65. The molecule has 3 aromatic rings. The summed E-state index contributed by atoms with van der Waals surface area (Å²) in [5.41, 5.74) is 3.08. The van der Waals surface area contributed by atoms with E-state index in [4.69, 9.17) is 12.2 Å². The molecule has 0 saturated carbocycles. The highest BCUT2D eigenvalue weighted by atomic mass is 32.1. The molecule has 0 aliphatic heterocycles. The number of benzene rings is 1. The molecule has 0 aliphatic rings. The molecule has 1 aromatic carbocycles. The first-order valence-electron chi connectivity index (χ1n) is 5.13. The third kappa shape index (κ3) is 1.32. The molecule has 16 heavy (non-hydrogen) atoms. The molecular formula is C13H10N2S. The molecule has 2 nitrogen and oxygen atoms in total. The number of aromatic amines is 1. The van der Waals surface area contributed by atoms with Gasteiger partial charge in [0.25, 0.3) is 0 Å². The maximum atomic E-state index is 5.36. The summed E-state index contributed by atoms with van der Waals surface area (Å²) in [6.45, 7) is 2.01. The van der Waals surface area contributed by atoms with E-state index in [1.807, 2.05) is 19.1 Å². The van der Waals surface area contributed by atoms with Crippen molar-refractivity contribution in [2.45, 2.75) is 6.92 Å². The van der Waals surface area contributed by atoms with Crippen molar-refractivity contribution in [1.29, 1.82) is 0 Å². The normalized spacial score (nSPS) is 11.1. The van der Waals surface area contributed by atoms with Gasteiger partial charge < -0.3 is 4.98 Å². The highest BCUT2D eigenvalue weighted by Crippen LogP contribution is 2.22. The van der Waals surface area contributed by atoms with E-state index >= 15 is 0 Å². The number of hydrogen-bond acceptors (Lipinski definition) is 2. The van der Waals surface area contributed by atoms with Crippen molar-refractivity contribution in [3.8, 4) is 0 Å². The molecule has 3 rings (SSSR count). The van der Waals surface area contributed by atoms with Crippen LogP contribution in [-0.4, -0.2) is 9.97 Å². The second-order valence-electron chi connectivity index (χ2n) is 3.88. The lowest BCUT2D eigenvalue weighted by Gasteiger charge is -2.04. The highest BCUT2D eigenvalue weighted by Gasteiger charge is 2.03. The summed E-state index contributed by atoms with van der Waals surface area (Å²) in [7, 11) is 0. The van der Waals surface area contributed by atoms with Crippen LogP contribution in [0.5, 0.6) is 0 Å². The Kier molecular flexibility index (Phi) is 2.01. The van der Waals surface area contributed by atoms with Gasteiger partial charge in [-0.1, -0.05) is 30.4 Å². The van der Waals surface area contributed by atoms with E-state index in [2.05, 4.69) is 28.2 Å². The van der Waals surface area contributed by atoms with Crippen LogP contribution in [0.15, 0.2) is 36.5 Å². The Bertz CT molecular complexity index is 744. The molecule has 2 heterocycles. The molecule has 0 spiro atoms. The smallest absolute Gasteiger partial charge is 0.0943 e. The van der Waals surface area contributed by atoms with E-state index in [9.17, 15) is 0 Å². The van der Waals surface area contributed by atoms with Gasteiger partial charge in [-0.2, -0.15) is 0 Å². The van der Waals surface area contributed by atoms with Gasteiger partial charge in [0.2, 0.25) is 0 Å². The van der Waals surface area contributed by atoms with Crippen LogP contribution in [0.4, 0.5) is 0 Å². The van der Waals surface area contributed by atoms with Gasteiger partial charge >= 0.3 is 0 Å². The molecule has 0 radical (unpaired) electrons. The first-order chi connectivity index (χ1) is 7.75. The van der Waals surface area contributed by atoms with Gasteiger partial charge in [-0.25, -0.2) is 0 Å². The summed E-state index contributed by atoms with van der Waals surface area (Å²) in [6.07, 6.45) is 1.81. The molecule has 0 fully saturated rings. The lowest BCUT2D eigenvalue weighted by Crippen LogP contribution is -1.88. The second kappa shape index (κ2) is 3.39. The summed E-state index contributed by atoms with van der Waals surface area (Å²) in [5, 5.41) is 2.19. The average Bonchev–Trinajstić information content (AvgIpc) is 2.28. The minimum absolute atomic E-state index is 0.874. The minimum atomic E-state index is 0.874. The van der Waals surface area contributed by atoms with E-state index < -0.39 is 0 Å². The molecule has 3 heteroatoms. The molecule has 0 saturated heterocycles. The fraction of sp³-hybridized carbons (Fsp3) is 0.0769. The molecule has 1 N–H and O–H groups in total. The predicted molar refractivity (Wildman–Crippen MR) is 69.2 cm³/mol. The molecule has 78 valence electrons. The van der Waals surface area contributed by atoms with Crippen LogP contribution < -0.4 is 0 Å². The zero-order valence-electron chi connectivity index (χ0n) is 8.82. The summed E-state index contributed by atoms with van der Waals surface area (Å²) in [6, 6.07) is 10.1. The van der Waals surface area contributed by atoms with Crippen molar-refractivity contribution in [3.63, 3.8) is 0 Å². The number of fused-ring (bicyclic) bond motifs is 3. The van der Waals surface area contributed by atoms with E-state index in [0.29, 0.717) is 0 Å². The maximum Gasteiger partial charge on any atom is 0.0943 e. The number of aryl methyl sites for hydroxylation is 1. The fourth-order valence-corrected chi connectivity index (χ4v) is 2.33. The standard InChI is InChI=1S/C13H10N2S/c1-8-7-11(16)10-5-4-9-3-2-6-14-12(9)13(10)15-8/h2-7H,1H3,(H,15,16). The Morgan fingerprint density at radius 1 is 1.25 bits per heavy atom. The zero-order valence-corrected chi connectivity index (χ0v) is 9.64. The van der Waals surface area contributed by atoms with Gasteiger partial charge in [0.05, 0.1) is 11.0 Å². The van der Waals surface area contributed by atoms with Gasteiger partial charge in [-0.05, 0) is 19.1 Å². The van der Waals surface area contributed by atoms with Crippen LogP contribution in [0.25, 0.3) is 21.8 Å². The van der Waals surface area contributed by atoms with Crippen molar-refractivity contribution in [1.82, 2.24) is 9.97 Å². The van der Waals surface area contributed by atoms with Crippen molar-refractivity contribution in [2.75, 3.05) is 0 Å². The molecule has 0 amide bonds. The monoisotopic (exact) mass is 226 g/mol. The summed E-state index contributed by atoms with van der Waals surface area (Å²) >= 11 is 5.36. The Morgan fingerprint density at radius 2 is 2.12 bits per heavy atom. The molecule has 0 aliphatic carbocycles. The van der Waals surface area contributed by atoms with E-state index in [1.54, 1.807) is 6.20 Å². The maximum absolute atomic E-state index is 5.36. The molecule has 0 unspecified atom stereocenters. The molecule has 0 atom stereocenters. The van der Waals surface area contributed by atoms with E-state index in [0.717, 1.165) is 32.0 Å². The summed E-state index contributed by atoms with van der Waals surface area (Å²) in [5.74, 6) is 0. The lowest BCUT2D eigenvalue weighted by atomic mass is 10.1. The number of pyridine rings is 2. The molecule has 0 bridgehead atoms. The average molecular weight is 226 g/mol. The quantitative estimate of drug-likeness (QED) is 0.467.